The first kappa shape index (κ1) is 30.0. The van der Waals surface area contributed by atoms with Gasteiger partial charge in [-0.05, 0) is 49.8 Å². The number of allylic oxidation sites excluding steroid dienone is 1. The number of carboxylic acid groups (broad SMARTS) is 1. The fraction of sp³-hybridized carbons (Fsp3) is 0.269. The molecule has 4 N–H and O–H groups in total. The van der Waals surface area contributed by atoms with Gasteiger partial charge in [-0.15, -0.1) is 0 Å². The fourth-order valence-electron chi connectivity index (χ4n) is 3.18. The quantitative estimate of drug-likeness (QED) is 0.128. The molecule has 0 aliphatic rings. The number of benzene rings is 1. The average Bonchev–Trinajstić information content (AvgIpc) is 2.88. The van der Waals surface area contributed by atoms with Crippen molar-refractivity contribution in [3.8, 4) is 5.75 Å². The lowest BCUT2D eigenvalue weighted by Gasteiger charge is -2.18. The minimum absolute atomic E-state index is 0.00961. The highest BCUT2D eigenvalue weighted by Gasteiger charge is 2.20. The van der Waals surface area contributed by atoms with E-state index in [-0.39, 0.29) is 40.6 Å². The summed E-state index contributed by atoms with van der Waals surface area (Å²) in [5, 5.41) is 22.3. The lowest BCUT2D eigenvalue weighted by molar-refractivity contribution is -0.139. The second-order valence-corrected chi connectivity index (χ2v) is 8.42. The molecule has 1 aromatic heterocycles. The molecule has 38 heavy (non-hydrogen) atoms. The van der Waals surface area contributed by atoms with Crippen molar-refractivity contribution in [3.63, 3.8) is 0 Å². The zero-order valence-electron chi connectivity index (χ0n) is 21.2. The van der Waals surface area contributed by atoms with Gasteiger partial charge in [0.15, 0.2) is 6.61 Å². The van der Waals surface area contributed by atoms with E-state index < -0.39 is 30.2 Å². The van der Waals surface area contributed by atoms with Crippen LogP contribution in [0, 0.1) is 5.41 Å². The molecule has 0 bridgehead atoms. The lowest BCUT2D eigenvalue weighted by Crippen LogP contribution is -2.26. The maximum atomic E-state index is 14.9. The second-order valence-electron chi connectivity index (χ2n) is 7.99. The smallest absolute Gasteiger partial charge is 0.341 e. The third-order valence-corrected chi connectivity index (χ3v) is 5.32. The topological polar surface area (TPSA) is 145 Å². The average molecular weight is 546 g/mol. The Kier molecular flexibility index (Phi) is 11.4. The molecule has 2 rings (SSSR count). The highest BCUT2D eigenvalue weighted by Crippen LogP contribution is 2.25. The summed E-state index contributed by atoms with van der Waals surface area (Å²) in [4.78, 5) is 42.5. The van der Waals surface area contributed by atoms with E-state index in [0.717, 1.165) is 12.5 Å². The van der Waals surface area contributed by atoms with Crippen LogP contribution in [0.1, 0.15) is 37.0 Å². The van der Waals surface area contributed by atoms with Gasteiger partial charge in [0.1, 0.15) is 17.4 Å². The van der Waals surface area contributed by atoms with Gasteiger partial charge in [-0.25, -0.2) is 14.2 Å². The van der Waals surface area contributed by atoms with E-state index in [0.29, 0.717) is 11.6 Å². The Morgan fingerprint density at radius 1 is 1.24 bits per heavy atom. The highest BCUT2D eigenvalue weighted by atomic mass is 35.5. The van der Waals surface area contributed by atoms with Crippen LogP contribution in [0.2, 0.25) is 5.02 Å². The summed E-state index contributed by atoms with van der Waals surface area (Å²) in [7, 11) is 1.73. The van der Waals surface area contributed by atoms with Crippen molar-refractivity contribution in [1.82, 2.24) is 9.88 Å². The Hall–Kier alpha value is -4.25. The normalized spacial score (nSPS) is 11.5. The summed E-state index contributed by atoms with van der Waals surface area (Å²) in [6.45, 7) is 3.45. The number of hydrogen-bond acceptors (Lipinski definition) is 6. The monoisotopic (exact) mass is 545 g/mol. The van der Waals surface area contributed by atoms with E-state index in [9.17, 15) is 18.8 Å². The molecule has 0 aliphatic heterocycles. The van der Waals surface area contributed by atoms with Crippen molar-refractivity contribution in [2.75, 3.05) is 30.8 Å². The third-order valence-electron chi connectivity index (χ3n) is 5.10. The number of carbonyl (C=O) groups is 3. The molecule has 10 nitrogen and oxygen atoms in total. The number of halogens is 2. The van der Waals surface area contributed by atoms with Crippen molar-refractivity contribution >= 4 is 46.7 Å². The summed E-state index contributed by atoms with van der Waals surface area (Å²) in [5.41, 5.74) is -0.347. The number of nitrogens with one attached hydrogen (secondary N) is 3. The van der Waals surface area contributed by atoms with E-state index in [1.165, 1.54) is 49.5 Å². The lowest BCUT2D eigenvalue weighted by atomic mass is 10.1. The summed E-state index contributed by atoms with van der Waals surface area (Å²) in [5.74, 6) is -3.12. The van der Waals surface area contributed by atoms with E-state index in [1.807, 2.05) is 6.92 Å². The third kappa shape index (κ3) is 9.00. The van der Waals surface area contributed by atoms with Crippen LogP contribution in [0.4, 0.5) is 15.9 Å². The zero-order chi connectivity index (χ0) is 28.2. The van der Waals surface area contributed by atoms with E-state index >= 15 is 0 Å². The number of aliphatic carboxylic acids is 1. The number of pyridine rings is 1. The fourth-order valence-corrected chi connectivity index (χ4v) is 3.29. The molecule has 12 heteroatoms. The van der Waals surface area contributed by atoms with Crippen molar-refractivity contribution < 1.29 is 28.6 Å². The molecule has 0 radical (unpaired) electrons. The minimum Gasteiger partial charge on any atom is -0.482 e. The first-order valence-corrected chi connectivity index (χ1v) is 12.0. The zero-order valence-corrected chi connectivity index (χ0v) is 21.9. The number of amides is 2. The molecule has 1 heterocycles. The summed E-state index contributed by atoms with van der Waals surface area (Å²) < 4.78 is 20.0. The Balaban J connectivity index is 2.29. The number of anilines is 2. The molecule has 1 aromatic carbocycles. The van der Waals surface area contributed by atoms with Crippen LogP contribution in [0.3, 0.4) is 0 Å². The van der Waals surface area contributed by atoms with Crippen LogP contribution in [0.25, 0.3) is 0 Å². The summed E-state index contributed by atoms with van der Waals surface area (Å²) >= 11 is 5.83. The molecule has 2 aromatic rings. The first-order chi connectivity index (χ1) is 18.0. The van der Waals surface area contributed by atoms with E-state index in [1.54, 1.807) is 11.9 Å². The molecular weight excluding hydrogens is 517 g/mol. The Morgan fingerprint density at radius 2 is 1.97 bits per heavy atom. The molecule has 2 amide bonds. The van der Waals surface area contributed by atoms with Crippen LogP contribution in [0.15, 0.2) is 60.1 Å². The molecule has 0 aliphatic carbocycles. The van der Waals surface area contributed by atoms with Gasteiger partial charge < -0.3 is 25.4 Å². The van der Waals surface area contributed by atoms with Gasteiger partial charge in [0.25, 0.3) is 11.8 Å². The first-order valence-electron chi connectivity index (χ1n) is 11.6. The van der Waals surface area contributed by atoms with Gasteiger partial charge >= 0.3 is 5.97 Å². The van der Waals surface area contributed by atoms with Crippen LogP contribution in [0.5, 0.6) is 5.75 Å². The molecule has 0 unspecified atom stereocenters. The molecule has 0 fully saturated rings. The Labute approximate surface area is 224 Å². The van der Waals surface area contributed by atoms with Gasteiger partial charge in [0.05, 0.1) is 27.7 Å². The summed E-state index contributed by atoms with van der Waals surface area (Å²) in [6.07, 6.45) is 4.58. The molecule has 0 saturated heterocycles. The van der Waals surface area contributed by atoms with Gasteiger partial charge in [0.2, 0.25) is 0 Å². The van der Waals surface area contributed by atoms with Crippen molar-refractivity contribution in [2.45, 2.75) is 26.7 Å². The van der Waals surface area contributed by atoms with Crippen LogP contribution < -0.4 is 15.4 Å². The number of nitrogens with zero attached hydrogens (tertiary/aromatic N) is 2. The number of aromatic nitrogens is 1. The van der Waals surface area contributed by atoms with Crippen molar-refractivity contribution in [3.05, 3.63) is 70.7 Å². The SMILES string of the molecule is C/C=C(C(=O)Nc1ccc(OCC(=O)O)cc1C(=O)Nc1ccc(Cl)cn1)\C(F)=C/CC(=N)N(C)CCC. The van der Waals surface area contributed by atoms with Crippen LogP contribution >= 0.6 is 11.6 Å². The molecular formula is C26H29ClFN5O5. The molecule has 0 saturated carbocycles. The van der Waals surface area contributed by atoms with Gasteiger partial charge in [-0.3, -0.25) is 15.0 Å². The Bertz CT molecular complexity index is 1250. The van der Waals surface area contributed by atoms with E-state index in [2.05, 4.69) is 15.6 Å². The molecule has 0 spiro atoms. The van der Waals surface area contributed by atoms with Gasteiger partial charge in [-0.2, -0.15) is 0 Å². The van der Waals surface area contributed by atoms with Gasteiger partial charge in [-0.1, -0.05) is 24.6 Å². The number of hydrogen-bond donors (Lipinski definition) is 4. The predicted molar refractivity (Wildman–Crippen MR) is 144 cm³/mol. The molecule has 0 atom stereocenters. The van der Waals surface area contributed by atoms with Crippen molar-refractivity contribution in [2.24, 2.45) is 0 Å². The minimum atomic E-state index is -1.22. The van der Waals surface area contributed by atoms with Gasteiger partial charge in [0, 0.05) is 26.2 Å². The maximum Gasteiger partial charge on any atom is 0.341 e. The van der Waals surface area contributed by atoms with Crippen molar-refractivity contribution in [1.29, 1.82) is 5.41 Å². The largest absolute Gasteiger partial charge is 0.482 e. The van der Waals surface area contributed by atoms with E-state index in [4.69, 9.17) is 26.9 Å². The number of carbonyl (C=O) groups excluding carboxylic acids is 2. The number of ether oxygens (including phenoxy) is 1. The highest BCUT2D eigenvalue weighted by molar-refractivity contribution is 6.30. The standard InChI is InChI=1S/C26H29ClFN5O5/c1-4-12-33(3)22(29)10-8-20(28)18(5-2)25(36)31-21-9-7-17(38-15-24(34)35)13-19(21)26(37)32-23-11-6-16(27)14-30-23/h5-9,11,13-14,29H,4,10,12,15H2,1-3H3,(H,31,36)(H,34,35)(H,30,32,37)/b18-5+,20-8+,29-22?. The summed E-state index contributed by atoms with van der Waals surface area (Å²) in [6, 6.07) is 6.94. The molecule has 202 valence electrons. The maximum absolute atomic E-state index is 14.9. The van der Waals surface area contributed by atoms with Crippen LogP contribution in [-0.4, -0.2) is 58.8 Å². The number of carboxylic acids is 1. The second kappa shape index (κ2) is 14.5. The van der Waals surface area contributed by atoms with Crippen LogP contribution in [-0.2, 0) is 9.59 Å². The Morgan fingerprint density at radius 3 is 2.58 bits per heavy atom. The number of amidine groups is 1. The predicted octanol–water partition coefficient (Wildman–Crippen LogP) is 4.90. The number of rotatable bonds is 12.